The Morgan fingerprint density at radius 1 is 1.03 bits per heavy atom. The lowest BCUT2D eigenvalue weighted by atomic mass is 9.95. The first-order chi connectivity index (χ1) is 15.4. The molecule has 3 heterocycles. The van der Waals surface area contributed by atoms with Gasteiger partial charge >= 0.3 is 0 Å². The van der Waals surface area contributed by atoms with Crippen LogP contribution in [0.25, 0.3) is 0 Å². The average Bonchev–Trinajstić information content (AvgIpc) is 3.36. The summed E-state index contributed by atoms with van der Waals surface area (Å²) in [5, 5.41) is 2.96. The number of hydrogen-bond donors (Lipinski definition) is 1. The molecule has 2 amide bonds. The van der Waals surface area contributed by atoms with Gasteiger partial charge in [-0.15, -0.1) is 0 Å². The fourth-order valence-corrected chi connectivity index (χ4v) is 6.61. The Hall–Kier alpha value is -2.33. The predicted molar refractivity (Wildman–Crippen MR) is 117 cm³/mol. The summed E-state index contributed by atoms with van der Waals surface area (Å²) in [5.41, 5.74) is 0.684. The van der Waals surface area contributed by atoms with Gasteiger partial charge in [0.1, 0.15) is 0 Å². The zero-order valence-electron chi connectivity index (χ0n) is 18.0. The number of anilines is 1. The zero-order chi connectivity index (χ0) is 22.3. The Bertz CT molecular complexity index is 1000. The molecule has 1 aromatic carbocycles. The van der Waals surface area contributed by atoms with Crippen LogP contribution in [0, 0.1) is 5.92 Å². The topological polar surface area (TPSA) is 105 Å². The summed E-state index contributed by atoms with van der Waals surface area (Å²) in [4.78, 5) is 29.7. The number of carbonyl (C=O) groups excluding carboxylic acids is 2. The summed E-state index contributed by atoms with van der Waals surface area (Å²) in [6.45, 7) is 1.83. The SMILES string of the molecule is O=C(Nc1ccc2c(c1)OCO2)C1CCN(CC(=O)N(C2CC2)C2CCS(=O)(=O)C2)CC1. The van der Waals surface area contributed by atoms with E-state index in [-0.39, 0.29) is 48.1 Å². The van der Waals surface area contributed by atoms with Gasteiger partial charge in [0.15, 0.2) is 21.3 Å². The van der Waals surface area contributed by atoms with E-state index in [9.17, 15) is 18.0 Å². The highest BCUT2D eigenvalue weighted by molar-refractivity contribution is 7.91. The number of benzene rings is 1. The van der Waals surface area contributed by atoms with Crippen LogP contribution in [0.4, 0.5) is 5.69 Å². The van der Waals surface area contributed by atoms with Gasteiger partial charge < -0.3 is 19.7 Å². The minimum atomic E-state index is -3.03. The monoisotopic (exact) mass is 463 g/mol. The number of amides is 2. The number of rotatable bonds is 6. The second-order valence-electron chi connectivity index (χ2n) is 9.20. The van der Waals surface area contributed by atoms with E-state index in [1.54, 1.807) is 18.2 Å². The van der Waals surface area contributed by atoms with E-state index in [4.69, 9.17) is 9.47 Å². The summed E-state index contributed by atoms with van der Waals surface area (Å²) in [6.07, 6.45) is 3.84. The van der Waals surface area contributed by atoms with Gasteiger partial charge in [-0.3, -0.25) is 14.5 Å². The van der Waals surface area contributed by atoms with Crippen LogP contribution in [-0.4, -0.2) is 80.0 Å². The molecule has 1 atom stereocenters. The summed E-state index contributed by atoms with van der Waals surface area (Å²) < 4.78 is 34.4. The Balaban J connectivity index is 1.12. The van der Waals surface area contributed by atoms with Crippen molar-refractivity contribution in [2.24, 2.45) is 5.92 Å². The minimum absolute atomic E-state index is 0.0226. The van der Waals surface area contributed by atoms with E-state index in [2.05, 4.69) is 10.2 Å². The van der Waals surface area contributed by atoms with E-state index < -0.39 is 9.84 Å². The number of fused-ring (bicyclic) bond motifs is 1. The van der Waals surface area contributed by atoms with E-state index in [0.717, 1.165) is 12.8 Å². The number of nitrogens with one attached hydrogen (secondary N) is 1. The van der Waals surface area contributed by atoms with Gasteiger partial charge in [-0.2, -0.15) is 0 Å². The molecule has 0 aromatic heterocycles. The highest BCUT2D eigenvalue weighted by atomic mass is 32.2. The molecule has 9 nitrogen and oxygen atoms in total. The molecule has 3 fully saturated rings. The third-order valence-electron chi connectivity index (χ3n) is 6.79. The van der Waals surface area contributed by atoms with Crippen molar-refractivity contribution in [3.05, 3.63) is 18.2 Å². The Morgan fingerprint density at radius 3 is 2.47 bits per heavy atom. The number of nitrogens with zero attached hydrogens (tertiary/aromatic N) is 2. The molecule has 4 aliphatic rings. The number of sulfone groups is 1. The lowest BCUT2D eigenvalue weighted by Crippen LogP contribution is -2.49. The molecule has 1 N–H and O–H groups in total. The van der Waals surface area contributed by atoms with Gasteiger partial charge in [-0.1, -0.05) is 0 Å². The lowest BCUT2D eigenvalue weighted by Gasteiger charge is -2.34. The van der Waals surface area contributed by atoms with Gasteiger partial charge in [0.2, 0.25) is 18.6 Å². The number of likely N-dealkylation sites (tertiary alicyclic amines) is 1. The highest BCUT2D eigenvalue weighted by Crippen LogP contribution is 2.35. The first-order valence-corrected chi connectivity index (χ1v) is 13.1. The van der Waals surface area contributed by atoms with Crippen LogP contribution >= 0.6 is 0 Å². The molecule has 0 spiro atoms. The van der Waals surface area contributed by atoms with Gasteiger partial charge in [0.25, 0.3) is 0 Å². The Morgan fingerprint density at radius 2 is 1.78 bits per heavy atom. The lowest BCUT2D eigenvalue weighted by molar-refractivity contribution is -0.135. The van der Waals surface area contributed by atoms with Crippen LogP contribution in [0.2, 0.25) is 0 Å². The van der Waals surface area contributed by atoms with Crippen molar-refractivity contribution in [2.75, 3.05) is 43.2 Å². The Kier molecular flexibility index (Phi) is 5.75. The van der Waals surface area contributed by atoms with Crippen LogP contribution in [0.15, 0.2) is 18.2 Å². The molecule has 0 radical (unpaired) electrons. The zero-order valence-corrected chi connectivity index (χ0v) is 18.8. The van der Waals surface area contributed by atoms with Crippen molar-refractivity contribution < 1.29 is 27.5 Å². The van der Waals surface area contributed by atoms with Crippen molar-refractivity contribution in [3.63, 3.8) is 0 Å². The number of carbonyl (C=O) groups is 2. The standard InChI is InChI=1S/C22H29N3O6S/c26-21(25(17-2-3-17)18-7-10-32(28,29)13-18)12-24-8-5-15(6-9-24)22(27)23-16-1-4-19-20(11-16)31-14-30-19/h1,4,11,15,17-18H,2-3,5-10,12-14H2,(H,23,27). The van der Waals surface area contributed by atoms with Crippen LogP contribution in [0.5, 0.6) is 11.5 Å². The quantitative estimate of drug-likeness (QED) is 0.677. The van der Waals surface area contributed by atoms with E-state index in [1.807, 2.05) is 4.90 Å². The van der Waals surface area contributed by atoms with Crippen LogP contribution in [-0.2, 0) is 19.4 Å². The van der Waals surface area contributed by atoms with Gasteiger partial charge in [-0.05, 0) is 57.3 Å². The largest absolute Gasteiger partial charge is 0.454 e. The first kappa shape index (κ1) is 21.5. The molecule has 1 saturated carbocycles. The number of ether oxygens (including phenoxy) is 2. The molecule has 3 aliphatic heterocycles. The van der Waals surface area contributed by atoms with Gasteiger partial charge in [0.05, 0.1) is 18.1 Å². The summed E-state index contributed by atoms with van der Waals surface area (Å²) in [6, 6.07) is 5.38. The maximum absolute atomic E-state index is 13.0. The van der Waals surface area contributed by atoms with Gasteiger partial charge in [0, 0.05) is 29.8 Å². The normalized spacial score (nSPS) is 24.9. The van der Waals surface area contributed by atoms with Crippen LogP contribution < -0.4 is 14.8 Å². The van der Waals surface area contributed by atoms with Crippen molar-refractivity contribution in [3.8, 4) is 11.5 Å². The molecule has 32 heavy (non-hydrogen) atoms. The molecule has 174 valence electrons. The summed E-state index contributed by atoms with van der Waals surface area (Å²) in [7, 11) is -3.03. The van der Waals surface area contributed by atoms with Crippen molar-refractivity contribution >= 4 is 27.3 Å². The van der Waals surface area contributed by atoms with E-state index in [0.29, 0.717) is 56.1 Å². The first-order valence-electron chi connectivity index (χ1n) is 11.3. The average molecular weight is 464 g/mol. The molecule has 5 rings (SSSR count). The minimum Gasteiger partial charge on any atom is -0.454 e. The molecular formula is C22H29N3O6S. The molecule has 1 aromatic rings. The second kappa shape index (κ2) is 8.55. The summed E-state index contributed by atoms with van der Waals surface area (Å²) in [5.74, 6) is 1.48. The Labute approximate surface area is 187 Å². The van der Waals surface area contributed by atoms with E-state index >= 15 is 0 Å². The van der Waals surface area contributed by atoms with Crippen molar-refractivity contribution in [1.29, 1.82) is 0 Å². The molecule has 0 bridgehead atoms. The van der Waals surface area contributed by atoms with Crippen LogP contribution in [0.3, 0.4) is 0 Å². The second-order valence-corrected chi connectivity index (χ2v) is 11.4. The smallest absolute Gasteiger partial charge is 0.237 e. The molecule has 1 unspecified atom stereocenters. The third kappa shape index (κ3) is 4.71. The van der Waals surface area contributed by atoms with Gasteiger partial charge in [-0.25, -0.2) is 8.42 Å². The van der Waals surface area contributed by atoms with Crippen LogP contribution in [0.1, 0.15) is 32.1 Å². The molecular weight excluding hydrogens is 434 g/mol. The number of piperidine rings is 1. The predicted octanol–water partition coefficient (Wildman–Crippen LogP) is 1.24. The molecule has 2 saturated heterocycles. The van der Waals surface area contributed by atoms with Crippen molar-refractivity contribution in [2.45, 2.75) is 44.2 Å². The van der Waals surface area contributed by atoms with Crippen molar-refractivity contribution in [1.82, 2.24) is 9.80 Å². The third-order valence-corrected chi connectivity index (χ3v) is 8.54. The fourth-order valence-electron chi connectivity index (χ4n) is 4.90. The maximum atomic E-state index is 13.0. The number of hydrogen-bond acceptors (Lipinski definition) is 7. The fraction of sp³-hybridized carbons (Fsp3) is 0.636. The van der Waals surface area contributed by atoms with E-state index in [1.165, 1.54) is 0 Å². The molecule has 10 heteroatoms. The maximum Gasteiger partial charge on any atom is 0.237 e. The summed E-state index contributed by atoms with van der Waals surface area (Å²) >= 11 is 0. The molecule has 1 aliphatic carbocycles. The highest BCUT2D eigenvalue weighted by Gasteiger charge is 2.42.